The van der Waals surface area contributed by atoms with Gasteiger partial charge in [-0.25, -0.2) is 4.98 Å². The van der Waals surface area contributed by atoms with Crippen molar-refractivity contribution < 1.29 is 4.74 Å². The van der Waals surface area contributed by atoms with Crippen LogP contribution in [-0.2, 0) is 0 Å². The lowest BCUT2D eigenvalue weighted by molar-refractivity contribution is 0.148. The van der Waals surface area contributed by atoms with Crippen LogP contribution in [0.3, 0.4) is 0 Å². The van der Waals surface area contributed by atoms with Crippen LogP contribution in [0.4, 0.5) is 0 Å². The molecule has 1 aromatic rings. The van der Waals surface area contributed by atoms with Crippen molar-refractivity contribution in [3.05, 3.63) is 17.6 Å². The Labute approximate surface area is 105 Å². The largest absolute Gasteiger partial charge is 0.476 e. The summed E-state index contributed by atoms with van der Waals surface area (Å²) in [6.07, 6.45) is 2.91. The van der Waals surface area contributed by atoms with E-state index in [1.165, 1.54) is 0 Å². The van der Waals surface area contributed by atoms with Gasteiger partial charge in [0.05, 0.1) is 18.0 Å². The maximum absolute atomic E-state index is 5.81. The average molecular weight is 236 g/mol. The molecule has 1 rings (SSSR count). The number of hydrogen-bond donors (Lipinski definition) is 0. The van der Waals surface area contributed by atoms with Gasteiger partial charge in [0.25, 0.3) is 0 Å². The number of rotatable bonds is 5. The lowest BCUT2D eigenvalue weighted by atomic mass is 9.85. The molecule has 0 unspecified atom stereocenters. The van der Waals surface area contributed by atoms with E-state index in [4.69, 9.17) is 4.74 Å². The minimum atomic E-state index is 0.173. The van der Waals surface area contributed by atoms with E-state index in [-0.39, 0.29) is 5.41 Å². The smallest absolute Gasteiger partial charge is 0.235 e. The molecule has 3 heteroatoms. The molecule has 0 atom stereocenters. The molecule has 0 fully saturated rings. The molecule has 0 N–H and O–H groups in total. The molecule has 3 nitrogen and oxygen atoms in total. The number of nitrogens with zero attached hydrogens (tertiary/aromatic N) is 2. The first-order valence-corrected chi connectivity index (χ1v) is 6.23. The fourth-order valence-electron chi connectivity index (χ4n) is 2.08. The summed E-state index contributed by atoms with van der Waals surface area (Å²) in [6.45, 7) is 13.5. The highest BCUT2D eigenvalue weighted by atomic mass is 16.5. The van der Waals surface area contributed by atoms with Gasteiger partial charge >= 0.3 is 0 Å². The van der Waals surface area contributed by atoms with Crippen molar-refractivity contribution in [2.24, 2.45) is 11.3 Å². The van der Waals surface area contributed by atoms with Crippen LogP contribution in [0, 0.1) is 25.2 Å². The topological polar surface area (TPSA) is 35.0 Å². The van der Waals surface area contributed by atoms with E-state index in [1.54, 1.807) is 6.20 Å². The summed E-state index contributed by atoms with van der Waals surface area (Å²) < 4.78 is 5.81. The van der Waals surface area contributed by atoms with Crippen LogP contribution in [0.25, 0.3) is 0 Å². The van der Waals surface area contributed by atoms with Crippen molar-refractivity contribution in [2.45, 2.75) is 48.0 Å². The number of hydrogen-bond acceptors (Lipinski definition) is 3. The van der Waals surface area contributed by atoms with Crippen LogP contribution in [0.1, 0.15) is 45.5 Å². The lowest BCUT2D eigenvalue weighted by Crippen LogP contribution is -2.24. The van der Waals surface area contributed by atoms with Gasteiger partial charge in [-0.15, -0.1) is 0 Å². The Hall–Kier alpha value is -1.12. The Morgan fingerprint density at radius 3 is 2.53 bits per heavy atom. The Kier molecular flexibility index (Phi) is 4.49. The Bertz CT molecular complexity index is 372. The summed E-state index contributed by atoms with van der Waals surface area (Å²) in [7, 11) is 0. The molecule has 0 radical (unpaired) electrons. The van der Waals surface area contributed by atoms with Crippen molar-refractivity contribution in [3.63, 3.8) is 0 Å². The van der Waals surface area contributed by atoms with E-state index in [2.05, 4.69) is 37.7 Å². The summed E-state index contributed by atoms with van der Waals surface area (Å²) in [5.41, 5.74) is 1.93. The Balaban J connectivity index is 2.63. The highest BCUT2D eigenvalue weighted by Crippen LogP contribution is 2.26. The van der Waals surface area contributed by atoms with Crippen LogP contribution in [-0.4, -0.2) is 16.6 Å². The van der Waals surface area contributed by atoms with Gasteiger partial charge in [-0.3, -0.25) is 4.98 Å². The second kappa shape index (κ2) is 5.48. The molecule has 0 saturated carbocycles. The molecular formula is C14H24N2O. The van der Waals surface area contributed by atoms with Crippen LogP contribution >= 0.6 is 0 Å². The Morgan fingerprint density at radius 2 is 1.94 bits per heavy atom. The van der Waals surface area contributed by atoms with Crippen molar-refractivity contribution in [1.82, 2.24) is 9.97 Å². The molecule has 0 aromatic carbocycles. The molecule has 0 aliphatic rings. The zero-order valence-corrected chi connectivity index (χ0v) is 11.9. The summed E-state index contributed by atoms with van der Waals surface area (Å²) in [5.74, 6) is 1.35. The predicted octanol–water partition coefficient (Wildman–Crippen LogP) is 3.54. The second-order valence-electron chi connectivity index (χ2n) is 5.95. The molecule has 0 saturated heterocycles. The molecule has 96 valence electrons. The van der Waals surface area contributed by atoms with Gasteiger partial charge in [-0.1, -0.05) is 27.7 Å². The zero-order chi connectivity index (χ0) is 13.1. The van der Waals surface area contributed by atoms with Gasteiger partial charge in [0.15, 0.2) is 0 Å². The highest BCUT2D eigenvalue weighted by molar-refractivity contribution is 5.18. The quantitative estimate of drug-likeness (QED) is 0.784. The fourth-order valence-corrected chi connectivity index (χ4v) is 2.08. The summed E-state index contributed by atoms with van der Waals surface area (Å²) >= 11 is 0. The first-order chi connectivity index (χ1) is 7.80. The third-order valence-corrected chi connectivity index (χ3v) is 2.59. The number of aromatic nitrogens is 2. The van der Waals surface area contributed by atoms with Crippen LogP contribution in [0.15, 0.2) is 6.20 Å². The van der Waals surface area contributed by atoms with Crippen LogP contribution in [0.2, 0.25) is 0 Å². The van der Waals surface area contributed by atoms with Gasteiger partial charge in [0, 0.05) is 6.20 Å². The van der Waals surface area contributed by atoms with Crippen molar-refractivity contribution in [3.8, 4) is 5.88 Å². The third kappa shape index (κ3) is 4.72. The van der Waals surface area contributed by atoms with Crippen molar-refractivity contribution >= 4 is 0 Å². The minimum Gasteiger partial charge on any atom is -0.476 e. The molecule has 0 spiro atoms. The van der Waals surface area contributed by atoms with E-state index in [9.17, 15) is 0 Å². The summed E-state index contributed by atoms with van der Waals surface area (Å²) in [6, 6.07) is 0. The van der Waals surface area contributed by atoms with E-state index >= 15 is 0 Å². The average Bonchev–Trinajstić information content (AvgIpc) is 2.17. The normalized spacial score (nSPS) is 11.9. The first-order valence-electron chi connectivity index (χ1n) is 6.23. The van der Waals surface area contributed by atoms with Crippen LogP contribution in [0.5, 0.6) is 5.88 Å². The predicted molar refractivity (Wildman–Crippen MR) is 70.2 cm³/mol. The van der Waals surface area contributed by atoms with Crippen LogP contribution < -0.4 is 4.74 Å². The molecule has 17 heavy (non-hydrogen) atoms. The lowest BCUT2D eigenvalue weighted by Gasteiger charge is -2.26. The van der Waals surface area contributed by atoms with E-state index in [0.29, 0.717) is 18.4 Å². The highest BCUT2D eigenvalue weighted by Gasteiger charge is 2.21. The van der Waals surface area contributed by atoms with E-state index in [0.717, 1.165) is 17.8 Å². The summed E-state index contributed by atoms with van der Waals surface area (Å²) in [4.78, 5) is 8.62. The van der Waals surface area contributed by atoms with E-state index in [1.807, 2.05) is 13.8 Å². The molecule has 1 heterocycles. The van der Waals surface area contributed by atoms with Crippen molar-refractivity contribution in [2.75, 3.05) is 6.61 Å². The molecule has 1 aromatic heterocycles. The molecule has 0 bridgehead atoms. The minimum absolute atomic E-state index is 0.173. The fraction of sp³-hybridized carbons (Fsp3) is 0.714. The van der Waals surface area contributed by atoms with Gasteiger partial charge in [-0.2, -0.15) is 0 Å². The summed E-state index contributed by atoms with van der Waals surface area (Å²) in [5, 5.41) is 0. The van der Waals surface area contributed by atoms with E-state index < -0.39 is 0 Å². The maximum Gasteiger partial charge on any atom is 0.235 e. The number of aryl methyl sites for hydroxylation is 2. The second-order valence-corrected chi connectivity index (χ2v) is 5.95. The molecule has 0 aliphatic heterocycles. The van der Waals surface area contributed by atoms with Gasteiger partial charge in [-0.05, 0) is 31.6 Å². The van der Waals surface area contributed by atoms with Gasteiger partial charge < -0.3 is 4.74 Å². The molecule has 0 amide bonds. The zero-order valence-electron chi connectivity index (χ0n) is 11.9. The Morgan fingerprint density at radius 1 is 1.29 bits per heavy atom. The van der Waals surface area contributed by atoms with Crippen molar-refractivity contribution in [1.29, 1.82) is 0 Å². The molecule has 0 aliphatic carbocycles. The van der Waals surface area contributed by atoms with Gasteiger partial charge in [0.2, 0.25) is 5.88 Å². The van der Waals surface area contributed by atoms with Gasteiger partial charge in [0.1, 0.15) is 0 Å². The third-order valence-electron chi connectivity index (χ3n) is 2.59. The monoisotopic (exact) mass is 236 g/mol. The SMILES string of the molecule is Cc1cnc(C)c(OCC(C)(C)CC(C)C)n1. The maximum atomic E-state index is 5.81. The standard InChI is InChI=1S/C14H24N2O/c1-10(2)7-14(5,6)9-17-13-12(4)15-8-11(3)16-13/h8,10H,7,9H2,1-6H3. The number of ether oxygens (including phenoxy) is 1. The first kappa shape index (κ1) is 13.9. The molecular weight excluding hydrogens is 212 g/mol.